The molecule has 14 heteroatoms. The smallest absolute Gasteiger partial charge is 0.463 e. The zero-order valence-electron chi connectivity index (χ0n) is 18.2. The van der Waals surface area contributed by atoms with Gasteiger partial charge >= 0.3 is 30.0 Å². The number of amides is 1. The normalized spacial score (nSPS) is 25.5. The molecule has 1 amide bonds. The van der Waals surface area contributed by atoms with Crippen molar-refractivity contribution in [1.29, 1.82) is 0 Å². The quantitative estimate of drug-likeness (QED) is 0.422. The topological polar surface area (TPSA) is 134 Å². The zero-order chi connectivity index (χ0) is 25.6. The zero-order valence-corrected chi connectivity index (χ0v) is 19.0. The van der Waals surface area contributed by atoms with E-state index in [1.54, 1.807) is 11.4 Å². The highest BCUT2D eigenvalue weighted by atomic mass is 32.2. The fourth-order valence-electron chi connectivity index (χ4n) is 3.16. The molecule has 1 aromatic rings. The molecule has 1 aliphatic rings. The summed E-state index contributed by atoms with van der Waals surface area (Å²) >= 11 is 0. The predicted molar refractivity (Wildman–Crippen MR) is 107 cm³/mol. The van der Waals surface area contributed by atoms with E-state index in [-0.39, 0.29) is 4.90 Å². The van der Waals surface area contributed by atoms with Crippen molar-refractivity contribution in [1.82, 2.24) is 5.32 Å². The number of hydrogen-bond donors (Lipinski definition) is 1. The Balaban J connectivity index is 2.58. The Morgan fingerprint density at radius 3 is 2.03 bits per heavy atom. The molecule has 6 atom stereocenters. The lowest BCUT2D eigenvalue weighted by molar-refractivity contribution is -0.215. The minimum absolute atomic E-state index is 0.123. The molecule has 1 heterocycles. The molecule has 0 aromatic heterocycles. The summed E-state index contributed by atoms with van der Waals surface area (Å²) in [6.45, 7) is 2.41. The number of rotatable bonds is 7. The Labute approximate surface area is 194 Å². The lowest BCUT2D eigenvalue weighted by atomic mass is 9.97. The molecule has 1 N–H and O–H groups in total. The summed E-state index contributed by atoms with van der Waals surface area (Å²) in [5.74, 6) is -5.11. The highest BCUT2D eigenvalue weighted by Gasteiger charge is 2.54. The molecule has 10 nitrogen and oxygen atoms in total. The second-order valence-corrected chi connectivity index (χ2v) is 8.63. The fraction of sp³-hybridized carbons (Fsp3) is 0.500. The van der Waals surface area contributed by atoms with Crippen molar-refractivity contribution in [2.45, 2.75) is 61.6 Å². The highest BCUT2D eigenvalue weighted by molar-refractivity contribution is 7.85. The van der Waals surface area contributed by atoms with Crippen LogP contribution >= 0.6 is 0 Å². The molecule has 0 saturated carbocycles. The Morgan fingerprint density at radius 2 is 1.53 bits per heavy atom. The van der Waals surface area contributed by atoms with Crippen LogP contribution in [0, 0.1) is 0 Å². The molecule has 0 spiro atoms. The van der Waals surface area contributed by atoms with Gasteiger partial charge in [0, 0.05) is 25.7 Å². The first-order valence-corrected chi connectivity index (χ1v) is 11.0. The maximum absolute atomic E-state index is 13.3. The van der Waals surface area contributed by atoms with Gasteiger partial charge in [-0.1, -0.05) is 18.2 Å². The Hall–Kier alpha value is -3.00. The number of nitrogens with one attached hydrogen (secondary N) is 1. The van der Waals surface area contributed by atoms with Gasteiger partial charge in [-0.05, 0) is 12.1 Å². The number of esters is 3. The van der Waals surface area contributed by atoms with Gasteiger partial charge in [0.25, 0.3) is 0 Å². The fourth-order valence-corrected chi connectivity index (χ4v) is 4.59. The van der Waals surface area contributed by atoms with Gasteiger partial charge < -0.3 is 24.3 Å². The van der Waals surface area contributed by atoms with Gasteiger partial charge in [0.1, 0.15) is 18.8 Å². The molecule has 1 saturated heterocycles. The average molecular weight is 509 g/mol. The van der Waals surface area contributed by atoms with Crippen LogP contribution in [-0.2, 0) is 48.9 Å². The van der Waals surface area contributed by atoms with E-state index < -0.39 is 77.2 Å². The third-order valence-electron chi connectivity index (χ3n) is 4.44. The van der Waals surface area contributed by atoms with E-state index in [9.17, 15) is 36.6 Å². The summed E-state index contributed by atoms with van der Waals surface area (Å²) in [6.07, 6.45) is -10.1. The largest absolute Gasteiger partial charge is 0.471 e. The maximum Gasteiger partial charge on any atom is 0.471 e. The highest BCUT2D eigenvalue weighted by Crippen LogP contribution is 2.31. The Morgan fingerprint density at radius 1 is 0.971 bits per heavy atom. The van der Waals surface area contributed by atoms with Gasteiger partial charge in [0.05, 0.1) is 10.8 Å². The van der Waals surface area contributed by atoms with Crippen LogP contribution in [0.2, 0.25) is 0 Å². The van der Waals surface area contributed by atoms with Crippen molar-refractivity contribution in [3.63, 3.8) is 0 Å². The molecule has 0 aliphatic carbocycles. The van der Waals surface area contributed by atoms with E-state index in [0.29, 0.717) is 0 Å². The number of ether oxygens (including phenoxy) is 4. The summed E-state index contributed by atoms with van der Waals surface area (Å²) in [6, 6.07) is 5.58. The van der Waals surface area contributed by atoms with Crippen LogP contribution in [0.5, 0.6) is 0 Å². The van der Waals surface area contributed by atoms with Crippen LogP contribution in [0.1, 0.15) is 20.8 Å². The molecule has 0 bridgehead atoms. The van der Waals surface area contributed by atoms with E-state index in [2.05, 4.69) is 0 Å². The van der Waals surface area contributed by atoms with Crippen LogP contribution in [0.15, 0.2) is 35.2 Å². The molecule has 0 radical (unpaired) electrons. The lowest BCUT2D eigenvalue weighted by Crippen LogP contribution is -2.67. The number of benzene rings is 1. The number of carbonyl (C=O) groups excluding carboxylic acids is 4. The van der Waals surface area contributed by atoms with E-state index in [0.717, 1.165) is 20.8 Å². The van der Waals surface area contributed by atoms with Gasteiger partial charge in [-0.15, -0.1) is 0 Å². The second kappa shape index (κ2) is 11.4. The van der Waals surface area contributed by atoms with Crippen molar-refractivity contribution in [2.75, 3.05) is 6.61 Å². The van der Waals surface area contributed by atoms with Crippen molar-refractivity contribution < 1.29 is 55.5 Å². The number of carbonyl (C=O) groups is 4. The van der Waals surface area contributed by atoms with E-state index in [1.165, 1.54) is 24.3 Å². The molecule has 2 rings (SSSR count). The van der Waals surface area contributed by atoms with Crippen molar-refractivity contribution in [3.8, 4) is 0 Å². The maximum atomic E-state index is 13.3. The summed E-state index contributed by atoms with van der Waals surface area (Å²) in [5, 5.41) is 1.65. The molecule has 1 fully saturated rings. The summed E-state index contributed by atoms with van der Waals surface area (Å²) < 4.78 is 73.3. The minimum Gasteiger partial charge on any atom is -0.463 e. The van der Waals surface area contributed by atoms with Gasteiger partial charge in [-0.2, -0.15) is 13.2 Å². The molecule has 34 heavy (non-hydrogen) atoms. The van der Waals surface area contributed by atoms with E-state index in [1.807, 2.05) is 0 Å². The number of alkyl halides is 3. The van der Waals surface area contributed by atoms with E-state index in [4.69, 9.17) is 18.9 Å². The van der Waals surface area contributed by atoms with E-state index >= 15 is 0 Å². The summed E-state index contributed by atoms with van der Waals surface area (Å²) in [5.41, 5.74) is -1.72. The van der Waals surface area contributed by atoms with Gasteiger partial charge in [-0.25, -0.2) is 0 Å². The molecular formula is C20H22F3NO9S. The molecule has 1 aliphatic heterocycles. The SMILES string of the molecule is CC(=O)OC[C@H]1O[C@@H](S(=O)c2ccccc2)[C@H](NC(=O)C(F)(F)F)[C@@H](OC(C)=O)[C@@H]1OC(C)=O. The molecular weight excluding hydrogens is 487 g/mol. The third-order valence-corrected chi connectivity index (χ3v) is 6.01. The Kier molecular flexibility index (Phi) is 9.15. The van der Waals surface area contributed by atoms with Crippen molar-refractivity contribution >= 4 is 34.6 Å². The predicted octanol–water partition coefficient (Wildman–Crippen LogP) is 0.993. The minimum atomic E-state index is -5.34. The lowest BCUT2D eigenvalue weighted by Gasteiger charge is -2.44. The average Bonchev–Trinajstić information content (AvgIpc) is 2.73. The van der Waals surface area contributed by atoms with Crippen LogP contribution < -0.4 is 5.32 Å². The number of halogens is 3. The van der Waals surface area contributed by atoms with Gasteiger partial charge in [0.2, 0.25) is 0 Å². The van der Waals surface area contributed by atoms with Crippen LogP contribution in [-0.4, -0.2) is 70.6 Å². The summed E-state index contributed by atoms with van der Waals surface area (Å²) in [7, 11) is -2.22. The van der Waals surface area contributed by atoms with Gasteiger partial charge in [0.15, 0.2) is 17.6 Å². The van der Waals surface area contributed by atoms with Gasteiger partial charge in [-0.3, -0.25) is 23.4 Å². The van der Waals surface area contributed by atoms with Crippen molar-refractivity contribution in [2.24, 2.45) is 0 Å². The molecule has 188 valence electrons. The standard InChI is InChI=1S/C20H22F3NO9S/c1-10(25)30-9-14-16(31-11(2)26)17(32-12(3)27)15(24-19(28)20(21,22)23)18(33-14)34(29)13-7-5-4-6-8-13/h4-8,14-18H,9H2,1-3H3,(H,24,28)/t14-,15-,16-,17-,18+,34?/m1/s1. The Bertz CT molecular complexity index is 941. The third kappa shape index (κ3) is 7.25. The first kappa shape index (κ1) is 27.2. The monoisotopic (exact) mass is 509 g/mol. The number of hydrogen-bond acceptors (Lipinski definition) is 9. The summed E-state index contributed by atoms with van der Waals surface area (Å²) in [4.78, 5) is 46.7. The molecule has 1 aromatic carbocycles. The second-order valence-electron chi connectivity index (χ2n) is 7.10. The molecule has 1 unspecified atom stereocenters. The first-order valence-electron chi connectivity index (χ1n) is 9.77. The van der Waals surface area contributed by atoms with Crippen molar-refractivity contribution in [3.05, 3.63) is 30.3 Å². The van der Waals surface area contributed by atoms with Crippen LogP contribution in [0.25, 0.3) is 0 Å². The van der Waals surface area contributed by atoms with Crippen LogP contribution in [0.4, 0.5) is 13.2 Å². The first-order chi connectivity index (χ1) is 15.8. The van der Waals surface area contributed by atoms with Crippen LogP contribution in [0.3, 0.4) is 0 Å².